The lowest BCUT2D eigenvalue weighted by Crippen LogP contribution is -2.54. The fourth-order valence-electron chi connectivity index (χ4n) is 5.74. The minimum Gasteiger partial charge on any atom is -0.376 e. The topological polar surface area (TPSA) is 74.8 Å². The Balaban J connectivity index is 1.36. The second kappa shape index (κ2) is 9.47. The average molecular weight is 463 g/mol. The van der Waals surface area contributed by atoms with Crippen molar-refractivity contribution in [2.45, 2.75) is 57.7 Å². The van der Waals surface area contributed by atoms with Gasteiger partial charge in [-0.15, -0.1) is 0 Å². The van der Waals surface area contributed by atoms with E-state index in [-0.39, 0.29) is 24.0 Å². The molecule has 1 N–H and O–H groups in total. The molecule has 5 rings (SSSR count). The maximum absolute atomic E-state index is 13.9. The summed E-state index contributed by atoms with van der Waals surface area (Å²) in [5.41, 5.74) is 3.46. The number of amides is 3. The van der Waals surface area contributed by atoms with Crippen molar-refractivity contribution < 1.29 is 14.3 Å². The van der Waals surface area contributed by atoms with Crippen LogP contribution >= 0.6 is 0 Å². The van der Waals surface area contributed by atoms with E-state index in [0.29, 0.717) is 18.8 Å². The summed E-state index contributed by atoms with van der Waals surface area (Å²) in [6.07, 6.45) is 5.12. The summed E-state index contributed by atoms with van der Waals surface area (Å²) in [5, 5.41) is 3.11. The summed E-state index contributed by atoms with van der Waals surface area (Å²) in [7, 11) is 0. The number of nitrogens with one attached hydrogen (secondary N) is 1. The van der Waals surface area contributed by atoms with E-state index >= 15 is 0 Å². The molecule has 1 aromatic carbocycles. The van der Waals surface area contributed by atoms with Crippen LogP contribution in [0.5, 0.6) is 0 Å². The SMILES string of the molecule is Cc1ccc(C)c(CN2CCC(C3(c4ccccn4)NC(=O)N(CC4CCCO4)C3=O)CC2)c1. The lowest BCUT2D eigenvalue weighted by atomic mass is 9.75. The van der Waals surface area contributed by atoms with Gasteiger partial charge in [0.15, 0.2) is 5.54 Å². The highest BCUT2D eigenvalue weighted by molar-refractivity contribution is 6.07. The van der Waals surface area contributed by atoms with Crippen molar-refractivity contribution >= 4 is 11.9 Å². The van der Waals surface area contributed by atoms with Crippen LogP contribution in [-0.4, -0.2) is 59.1 Å². The number of aryl methyl sites for hydroxylation is 2. The van der Waals surface area contributed by atoms with Gasteiger partial charge in [0.1, 0.15) is 0 Å². The van der Waals surface area contributed by atoms with E-state index in [1.54, 1.807) is 6.20 Å². The largest absolute Gasteiger partial charge is 0.376 e. The van der Waals surface area contributed by atoms with E-state index in [2.05, 4.69) is 47.2 Å². The van der Waals surface area contributed by atoms with Gasteiger partial charge in [0.25, 0.3) is 5.91 Å². The van der Waals surface area contributed by atoms with Gasteiger partial charge in [0.2, 0.25) is 0 Å². The maximum Gasteiger partial charge on any atom is 0.325 e. The molecule has 0 bridgehead atoms. The molecule has 3 aliphatic rings. The molecule has 4 heterocycles. The second-order valence-electron chi connectivity index (χ2n) is 9.98. The van der Waals surface area contributed by atoms with Crippen LogP contribution in [-0.2, 0) is 21.6 Å². The highest BCUT2D eigenvalue weighted by Gasteiger charge is 2.58. The van der Waals surface area contributed by atoms with E-state index < -0.39 is 5.54 Å². The van der Waals surface area contributed by atoms with Crippen LogP contribution in [0.3, 0.4) is 0 Å². The zero-order valence-corrected chi connectivity index (χ0v) is 20.1. The van der Waals surface area contributed by atoms with Gasteiger partial charge in [-0.3, -0.25) is 19.6 Å². The van der Waals surface area contributed by atoms with Gasteiger partial charge in [-0.2, -0.15) is 0 Å². The Morgan fingerprint density at radius 3 is 2.65 bits per heavy atom. The standard InChI is InChI=1S/C27H34N4O3/c1-19-8-9-20(2)21(16-19)17-30-13-10-22(11-14-30)27(24-7-3-4-12-28-24)25(32)31(26(33)29-27)18-23-6-5-15-34-23/h3-4,7-9,12,16,22-23H,5-6,10-11,13-15,17-18H2,1-2H3,(H,29,33). The van der Waals surface area contributed by atoms with Gasteiger partial charge in [0, 0.05) is 19.3 Å². The molecule has 2 unspecified atom stereocenters. The van der Waals surface area contributed by atoms with Gasteiger partial charge < -0.3 is 10.1 Å². The minimum atomic E-state index is -1.11. The van der Waals surface area contributed by atoms with Crippen molar-refractivity contribution in [2.24, 2.45) is 5.92 Å². The number of aromatic nitrogens is 1. The first kappa shape index (κ1) is 23.0. The number of urea groups is 1. The quantitative estimate of drug-likeness (QED) is 0.665. The van der Waals surface area contributed by atoms with Crippen molar-refractivity contribution in [3.63, 3.8) is 0 Å². The van der Waals surface area contributed by atoms with Crippen LogP contribution < -0.4 is 5.32 Å². The number of imide groups is 1. The Labute approximate surface area is 201 Å². The van der Waals surface area contributed by atoms with Crippen molar-refractivity contribution in [2.75, 3.05) is 26.2 Å². The molecule has 3 aliphatic heterocycles. The number of hydrogen-bond acceptors (Lipinski definition) is 5. The minimum absolute atomic E-state index is 0.0109. The van der Waals surface area contributed by atoms with E-state index in [0.717, 1.165) is 45.3 Å². The highest BCUT2D eigenvalue weighted by atomic mass is 16.5. The zero-order chi connectivity index (χ0) is 23.7. The van der Waals surface area contributed by atoms with Crippen molar-refractivity contribution in [3.8, 4) is 0 Å². The molecule has 1 aromatic heterocycles. The summed E-state index contributed by atoms with van der Waals surface area (Å²) in [6, 6.07) is 11.9. The van der Waals surface area contributed by atoms with Gasteiger partial charge >= 0.3 is 6.03 Å². The van der Waals surface area contributed by atoms with Gasteiger partial charge in [-0.25, -0.2) is 4.79 Å². The van der Waals surface area contributed by atoms with Crippen LogP contribution in [0.2, 0.25) is 0 Å². The first-order valence-corrected chi connectivity index (χ1v) is 12.4. The van der Waals surface area contributed by atoms with Crippen molar-refractivity contribution in [3.05, 3.63) is 65.0 Å². The fourth-order valence-corrected chi connectivity index (χ4v) is 5.74. The molecular formula is C27H34N4O3. The fraction of sp³-hybridized carbons (Fsp3) is 0.519. The third-order valence-corrected chi connectivity index (χ3v) is 7.71. The molecule has 0 saturated carbocycles. The molecule has 2 aromatic rings. The van der Waals surface area contributed by atoms with Crippen LogP contribution in [0.25, 0.3) is 0 Å². The number of hydrogen-bond donors (Lipinski definition) is 1. The van der Waals surface area contributed by atoms with Gasteiger partial charge in [-0.05, 0) is 81.8 Å². The van der Waals surface area contributed by atoms with Crippen molar-refractivity contribution in [1.82, 2.24) is 20.1 Å². The summed E-state index contributed by atoms with van der Waals surface area (Å²) >= 11 is 0. The van der Waals surface area contributed by atoms with Crippen LogP contribution in [0, 0.1) is 19.8 Å². The first-order valence-electron chi connectivity index (χ1n) is 12.4. The van der Waals surface area contributed by atoms with E-state index in [1.807, 2.05) is 18.2 Å². The lowest BCUT2D eigenvalue weighted by molar-refractivity contribution is -0.135. The van der Waals surface area contributed by atoms with Gasteiger partial charge in [-0.1, -0.05) is 29.8 Å². The van der Waals surface area contributed by atoms with E-state index in [1.165, 1.54) is 21.6 Å². The molecule has 7 nitrogen and oxygen atoms in total. The normalized spacial score (nSPS) is 26.3. The summed E-state index contributed by atoms with van der Waals surface area (Å²) in [5.74, 6) is -0.192. The van der Waals surface area contributed by atoms with Crippen LogP contribution in [0.1, 0.15) is 48.1 Å². The Bertz CT molecular complexity index is 1050. The second-order valence-corrected chi connectivity index (χ2v) is 9.98. The van der Waals surface area contributed by atoms with E-state index in [4.69, 9.17) is 4.74 Å². The molecule has 0 spiro atoms. The third-order valence-electron chi connectivity index (χ3n) is 7.71. The molecule has 3 amide bonds. The number of pyridine rings is 1. The number of carbonyl (C=O) groups excluding carboxylic acids is 2. The van der Waals surface area contributed by atoms with Crippen molar-refractivity contribution in [1.29, 1.82) is 0 Å². The Hall–Kier alpha value is -2.77. The molecule has 3 saturated heterocycles. The number of rotatable bonds is 6. The molecule has 7 heteroatoms. The summed E-state index contributed by atoms with van der Waals surface area (Å²) < 4.78 is 5.72. The van der Waals surface area contributed by atoms with Crippen LogP contribution in [0.15, 0.2) is 42.6 Å². The summed E-state index contributed by atoms with van der Waals surface area (Å²) in [6.45, 7) is 7.95. The predicted molar refractivity (Wildman–Crippen MR) is 129 cm³/mol. The first-order chi connectivity index (χ1) is 16.5. The Morgan fingerprint density at radius 2 is 1.94 bits per heavy atom. The zero-order valence-electron chi connectivity index (χ0n) is 20.1. The molecule has 0 radical (unpaired) electrons. The lowest BCUT2D eigenvalue weighted by Gasteiger charge is -2.40. The predicted octanol–water partition coefficient (Wildman–Crippen LogP) is 3.54. The van der Waals surface area contributed by atoms with E-state index in [9.17, 15) is 9.59 Å². The Kier molecular flexibility index (Phi) is 6.40. The molecule has 2 atom stereocenters. The smallest absolute Gasteiger partial charge is 0.325 e. The number of benzene rings is 1. The molecular weight excluding hydrogens is 428 g/mol. The number of nitrogens with zero attached hydrogens (tertiary/aromatic N) is 3. The molecule has 0 aliphatic carbocycles. The third kappa shape index (κ3) is 4.23. The Morgan fingerprint density at radius 1 is 1.12 bits per heavy atom. The number of piperidine rings is 1. The number of likely N-dealkylation sites (tertiary alicyclic amines) is 1. The number of ether oxygens (including phenoxy) is 1. The van der Waals surface area contributed by atoms with Crippen LogP contribution in [0.4, 0.5) is 4.79 Å². The molecule has 180 valence electrons. The maximum atomic E-state index is 13.9. The molecule has 34 heavy (non-hydrogen) atoms. The summed E-state index contributed by atoms with van der Waals surface area (Å²) in [4.78, 5) is 35.4. The average Bonchev–Trinajstić information content (AvgIpc) is 3.45. The molecule has 3 fully saturated rings. The monoisotopic (exact) mass is 462 g/mol. The number of carbonyl (C=O) groups is 2. The van der Waals surface area contributed by atoms with Gasteiger partial charge in [0.05, 0.1) is 18.3 Å². The highest BCUT2D eigenvalue weighted by Crippen LogP contribution is 2.41.